The summed E-state index contributed by atoms with van der Waals surface area (Å²) in [5.74, 6) is 0.386. The molecule has 2 rings (SSSR count). The fourth-order valence-corrected chi connectivity index (χ4v) is 2.54. The summed E-state index contributed by atoms with van der Waals surface area (Å²) in [7, 11) is 0. The molecule has 3 N–H and O–H groups in total. The Balaban J connectivity index is 1.68. The maximum Gasteiger partial charge on any atom is 0.250 e. The van der Waals surface area contributed by atoms with Crippen LogP contribution in [0.25, 0.3) is 0 Å². The van der Waals surface area contributed by atoms with Gasteiger partial charge in [0.1, 0.15) is 6.10 Å². The van der Waals surface area contributed by atoms with Crippen LogP contribution < -0.4 is 10.6 Å². The van der Waals surface area contributed by atoms with Crippen LogP contribution >= 0.6 is 0 Å². The highest BCUT2D eigenvalue weighted by atomic mass is 16.5. The molecule has 98 valence electrons. The van der Waals surface area contributed by atoms with Crippen molar-refractivity contribution in [1.29, 1.82) is 0 Å². The van der Waals surface area contributed by atoms with Crippen LogP contribution in [0, 0.1) is 5.92 Å². The van der Waals surface area contributed by atoms with Crippen LogP contribution in [0.5, 0.6) is 0 Å². The second kappa shape index (κ2) is 6.33. The monoisotopic (exact) mass is 242 g/mol. The summed E-state index contributed by atoms with van der Waals surface area (Å²) in [4.78, 5) is 11.8. The molecule has 0 aromatic carbocycles. The van der Waals surface area contributed by atoms with E-state index in [1.807, 2.05) is 0 Å². The standard InChI is InChI=1S/C12H22N2O3/c15-10-3-1-2-9(6-10)7-14-12(16)11-8-13-4-5-17-11/h9-11,13,15H,1-8H2,(H,14,16). The number of carbonyl (C=O) groups is 1. The van der Waals surface area contributed by atoms with Crippen LogP contribution in [0.4, 0.5) is 0 Å². The zero-order valence-electron chi connectivity index (χ0n) is 10.2. The molecule has 1 saturated heterocycles. The molecule has 1 amide bonds. The van der Waals surface area contributed by atoms with Crippen LogP contribution in [0.2, 0.25) is 0 Å². The average Bonchev–Trinajstić information content (AvgIpc) is 2.37. The summed E-state index contributed by atoms with van der Waals surface area (Å²) in [5, 5.41) is 15.6. The van der Waals surface area contributed by atoms with Crippen LogP contribution in [0.1, 0.15) is 25.7 Å². The molecular weight excluding hydrogens is 220 g/mol. The summed E-state index contributed by atoms with van der Waals surface area (Å²) < 4.78 is 5.38. The number of nitrogens with one attached hydrogen (secondary N) is 2. The molecule has 5 heteroatoms. The molecule has 1 heterocycles. The average molecular weight is 242 g/mol. The second-order valence-corrected chi connectivity index (χ2v) is 5.00. The van der Waals surface area contributed by atoms with Gasteiger partial charge >= 0.3 is 0 Å². The maximum atomic E-state index is 11.8. The molecule has 1 aliphatic carbocycles. The zero-order chi connectivity index (χ0) is 12.1. The normalized spacial score (nSPS) is 34.3. The quantitative estimate of drug-likeness (QED) is 0.632. The van der Waals surface area contributed by atoms with E-state index in [1.165, 1.54) is 0 Å². The molecule has 1 aliphatic heterocycles. The Morgan fingerprint density at radius 2 is 2.35 bits per heavy atom. The van der Waals surface area contributed by atoms with Gasteiger partial charge in [-0.1, -0.05) is 6.42 Å². The number of aliphatic hydroxyl groups is 1. The maximum absolute atomic E-state index is 11.8. The van der Waals surface area contributed by atoms with Crippen molar-refractivity contribution in [3.05, 3.63) is 0 Å². The SMILES string of the molecule is O=C(NCC1CCCC(O)C1)C1CNCCO1. The molecular formula is C12H22N2O3. The molecule has 2 aliphatic rings. The molecule has 3 unspecified atom stereocenters. The summed E-state index contributed by atoms with van der Waals surface area (Å²) in [6.07, 6.45) is 3.34. The second-order valence-electron chi connectivity index (χ2n) is 5.00. The van der Waals surface area contributed by atoms with Crippen molar-refractivity contribution in [3.63, 3.8) is 0 Å². The highest BCUT2D eigenvalue weighted by molar-refractivity contribution is 5.81. The minimum Gasteiger partial charge on any atom is -0.393 e. The lowest BCUT2D eigenvalue weighted by Crippen LogP contribution is -2.48. The first-order valence-electron chi connectivity index (χ1n) is 6.54. The van der Waals surface area contributed by atoms with Crippen molar-refractivity contribution in [2.24, 2.45) is 5.92 Å². The van der Waals surface area contributed by atoms with Crippen LogP contribution in [0.3, 0.4) is 0 Å². The van der Waals surface area contributed by atoms with E-state index in [-0.39, 0.29) is 18.1 Å². The summed E-state index contributed by atoms with van der Waals surface area (Å²) in [5.41, 5.74) is 0. The summed E-state index contributed by atoms with van der Waals surface area (Å²) in [6.45, 7) is 2.67. The Kier molecular flexibility index (Phi) is 4.76. The number of amides is 1. The van der Waals surface area contributed by atoms with E-state index in [2.05, 4.69) is 10.6 Å². The van der Waals surface area contributed by atoms with E-state index in [4.69, 9.17) is 4.74 Å². The molecule has 0 aromatic rings. The van der Waals surface area contributed by atoms with Crippen molar-refractivity contribution in [1.82, 2.24) is 10.6 Å². The van der Waals surface area contributed by atoms with Crippen LogP contribution in [-0.4, -0.2) is 49.5 Å². The van der Waals surface area contributed by atoms with Crippen LogP contribution in [0.15, 0.2) is 0 Å². The predicted octanol–water partition coefficient (Wildman–Crippen LogP) is -0.358. The smallest absolute Gasteiger partial charge is 0.250 e. The predicted molar refractivity (Wildman–Crippen MR) is 63.6 cm³/mol. The third-order valence-electron chi connectivity index (χ3n) is 3.54. The molecule has 2 fully saturated rings. The minimum atomic E-state index is -0.350. The van der Waals surface area contributed by atoms with E-state index in [9.17, 15) is 9.90 Å². The number of hydrogen-bond acceptors (Lipinski definition) is 4. The van der Waals surface area contributed by atoms with E-state index in [0.29, 0.717) is 25.6 Å². The van der Waals surface area contributed by atoms with Gasteiger partial charge in [0, 0.05) is 19.6 Å². The fourth-order valence-electron chi connectivity index (χ4n) is 2.54. The van der Waals surface area contributed by atoms with Crippen molar-refractivity contribution in [3.8, 4) is 0 Å². The first-order valence-corrected chi connectivity index (χ1v) is 6.54. The molecule has 17 heavy (non-hydrogen) atoms. The van der Waals surface area contributed by atoms with Crippen molar-refractivity contribution >= 4 is 5.91 Å². The number of ether oxygens (including phenoxy) is 1. The van der Waals surface area contributed by atoms with Crippen molar-refractivity contribution < 1.29 is 14.6 Å². The molecule has 0 radical (unpaired) electrons. The Bertz CT molecular complexity index is 254. The van der Waals surface area contributed by atoms with E-state index >= 15 is 0 Å². The summed E-state index contributed by atoms with van der Waals surface area (Å²) in [6, 6.07) is 0. The number of morpholine rings is 1. The Hall–Kier alpha value is -0.650. The van der Waals surface area contributed by atoms with Gasteiger partial charge in [-0.3, -0.25) is 4.79 Å². The molecule has 1 saturated carbocycles. The number of hydrogen-bond donors (Lipinski definition) is 3. The molecule has 5 nitrogen and oxygen atoms in total. The van der Waals surface area contributed by atoms with E-state index in [0.717, 1.165) is 32.2 Å². The van der Waals surface area contributed by atoms with Gasteiger partial charge in [-0.25, -0.2) is 0 Å². The third-order valence-corrected chi connectivity index (χ3v) is 3.54. The molecule has 0 spiro atoms. The van der Waals surface area contributed by atoms with Crippen molar-refractivity contribution in [2.45, 2.75) is 37.9 Å². The zero-order valence-corrected chi connectivity index (χ0v) is 10.2. The Labute approximate surface area is 102 Å². The number of rotatable bonds is 3. The lowest BCUT2D eigenvalue weighted by Gasteiger charge is -2.27. The van der Waals surface area contributed by atoms with Gasteiger partial charge in [0.25, 0.3) is 0 Å². The van der Waals surface area contributed by atoms with Gasteiger partial charge in [0.15, 0.2) is 0 Å². The summed E-state index contributed by atoms with van der Waals surface area (Å²) >= 11 is 0. The lowest BCUT2D eigenvalue weighted by atomic mass is 9.87. The first-order chi connectivity index (χ1) is 8.25. The lowest BCUT2D eigenvalue weighted by molar-refractivity contribution is -0.134. The topological polar surface area (TPSA) is 70.6 Å². The first kappa shape index (κ1) is 12.8. The van der Waals surface area contributed by atoms with Crippen molar-refractivity contribution in [2.75, 3.05) is 26.2 Å². The number of aliphatic hydroxyl groups excluding tert-OH is 1. The van der Waals surface area contributed by atoms with Gasteiger partial charge < -0.3 is 20.5 Å². The van der Waals surface area contributed by atoms with Gasteiger partial charge in [-0.15, -0.1) is 0 Å². The van der Waals surface area contributed by atoms with Gasteiger partial charge in [0.2, 0.25) is 5.91 Å². The molecule has 0 bridgehead atoms. The van der Waals surface area contributed by atoms with E-state index in [1.54, 1.807) is 0 Å². The van der Waals surface area contributed by atoms with Crippen LogP contribution in [-0.2, 0) is 9.53 Å². The largest absolute Gasteiger partial charge is 0.393 e. The number of carbonyl (C=O) groups excluding carboxylic acids is 1. The minimum absolute atomic E-state index is 0.0303. The fraction of sp³-hybridized carbons (Fsp3) is 0.917. The Morgan fingerprint density at radius 1 is 1.47 bits per heavy atom. The Morgan fingerprint density at radius 3 is 3.06 bits per heavy atom. The third kappa shape index (κ3) is 3.94. The van der Waals surface area contributed by atoms with Gasteiger partial charge in [0.05, 0.1) is 12.7 Å². The highest BCUT2D eigenvalue weighted by Crippen LogP contribution is 2.23. The molecule has 0 aromatic heterocycles. The van der Waals surface area contributed by atoms with E-state index < -0.39 is 0 Å². The van der Waals surface area contributed by atoms with Gasteiger partial charge in [-0.2, -0.15) is 0 Å². The molecule has 3 atom stereocenters. The van der Waals surface area contributed by atoms with Gasteiger partial charge in [-0.05, 0) is 25.2 Å². The highest BCUT2D eigenvalue weighted by Gasteiger charge is 2.24.